The maximum Gasteiger partial charge on any atom is 0.251 e. The molecule has 1 fully saturated rings. The number of ether oxygens (including phenoxy) is 2. The minimum absolute atomic E-state index is 0.0954. The van der Waals surface area contributed by atoms with E-state index in [1.54, 1.807) is 30.3 Å². The number of halogens is 1. The van der Waals surface area contributed by atoms with Crippen LogP contribution in [0.1, 0.15) is 21.5 Å². The van der Waals surface area contributed by atoms with E-state index in [0.717, 1.165) is 5.56 Å². The fraction of sp³-hybridized carbons (Fsp3) is 0.381. The van der Waals surface area contributed by atoms with E-state index in [4.69, 9.17) is 21.1 Å². The maximum atomic E-state index is 12.5. The summed E-state index contributed by atoms with van der Waals surface area (Å²) < 4.78 is 37.2. The SMILES string of the molecule is Cc1ccc(OCCNC(=O)c2ccc(CS(=O)(=O)N3CCOCC3)cc2)cc1Cl. The Morgan fingerprint density at radius 1 is 1.17 bits per heavy atom. The molecule has 0 unspecified atom stereocenters. The van der Waals surface area contributed by atoms with Gasteiger partial charge in [0.15, 0.2) is 0 Å². The van der Waals surface area contributed by atoms with E-state index in [9.17, 15) is 13.2 Å². The van der Waals surface area contributed by atoms with Gasteiger partial charge in [0.2, 0.25) is 10.0 Å². The van der Waals surface area contributed by atoms with Crippen LogP contribution in [0.3, 0.4) is 0 Å². The van der Waals surface area contributed by atoms with Crippen LogP contribution in [0.25, 0.3) is 0 Å². The van der Waals surface area contributed by atoms with E-state index < -0.39 is 10.0 Å². The molecule has 0 spiro atoms. The van der Waals surface area contributed by atoms with Crippen molar-refractivity contribution in [1.82, 2.24) is 9.62 Å². The van der Waals surface area contributed by atoms with Gasteiger partial charge in [-0.15, -0.1) is 0 Å². The van der Waals surface area contributed by atoms with Crippen molar-refractivity contribution in [3.8, 4) is 5.75 Å². The topological polar surface area (TPSA) is 84.9 Å². The Labute approximate surface area is 182 Å². The Balaban J connectivity index is 1.46. The number of carbonyl (C=O) groups is 1. The van der Waals surface area contributed by atoms with Gasteiger partial charge < -0.3 is 14.8 Å². The Kier molecular flexibility index (Phi) is 7.71. The summed E-state index contributed by atoms with van der Waals surface area (Å²) in [4.78, 5) is 12.3. The zero-order valence-corrected chi connectivity index (χ0v) is 18.3. The molecule has 0 bridgehead atoms. The van der Waals surface area contributed by atoms with Crippen LogP contribution in [0, 0.1) is 6.92 Å². The lowest BCUT2D eigenvalue weighted by Crippen LogP contribution is -2.41. The standard InChI is InChI=1S/C21H25ClN2O5S/c1-16-2-7-19(14-20(16)22)29-11-8-23-21(25)18-5-3-17(4-6-18)15-30(26,27)24-9-12-28-13-10-24/h2-7,14H,8-13,15H2,1H3,(H,23,25). The highest BCUT2D eigenvalue weighted by atomic mass is 35.5. The second kappa shape index (κ2) is 10.3. The molecule has 1 aliphatic rings. The van der Waals surface area contributed by atoms with Crippen molar-refractivity contribution < 1.29 is 22.7 Å². The van der Waals surface area contributed by atoms with Crippen molar-refractivity contribution in [3.05, 3.63) is 64.2 Å². The minimum Gasteiger partial charge on any atom is -0.492 e. The van der Waals surface area contributed by atoms with Gasteiger partial charge in [0, 0.05) is 23.7 Å². The molecule has 162 valence electrons. The summed E-state index contributed by atoms with van der Waals surface area (Å²) in [6.45, 7) is 4.13. The highest BCUT2D eigenvalue weighted by Gasteiger charge is 2.24. The van der Waals surface area contributed by atoms with Gasteiger partial charge in [-0.1, -0.05) is 29.8 Å². The predicted octanol–water partition coefficient (Wildman–Crippen LogP) is 2.62. The first-order chi connectivity index (χ1) is 14.3. The lowest BCUT2D eigenvalue weighted by Gasteiger charge is -2.26. The van der Waals surface area contributed by atoms with Crippen molar-refractivity contribution in [2.75, 3.05) is 39.5 Å². The van der Waals surface area contributed by atoms with Crippen LogP contribution in [-0.4, -0.2) is 58.1 Å². The van der Waals surface area contributed by atoms with Gasteiger partial charge in [-0.3, -0.25) is 4.79 Å². The molecule has 0 radical (unpaired) electrons. The van der Waals surface area contributed by atoms with E-state index in [1.165, 1.54) is 4.31 Å². The Bertz CT molecular complexity index is 973. The monoisotopic (exact) mass is 452 g/mol. The molecule has 0 saturated carbocycles. The van der Waals surface area contributed by atoms with Gasteiger partial charge in [0.25, 0.3) is 5.91 Å². The average Bonchev–Trinajstić information content (AvgIpc) is 2.74. The Morgan fingerprint density at radius 3 is 2.53 bits per heavy atom. The molecule has 1 N–H and O–H groups in total. The molecule has 1 heterocycles. The van der Waals surface area contributed by atoms with Crippen molar-refractivity contribution >= 4 is 27.5 Å². The number of nitrogens with one attached hydrogen (secondary N) is 1. The van der Waals surface area contributed by atoms with Gasteiger partial charge in [-0.05, 0) is 42.3 Å². The molecule has 1 amide bonds. The van der Waals surface area contributed by atoms with Gasteiger partial charge in [-0.25, -0.2) is 8.42 Å². The number of rotatable bonds is 8. The summed E-state index contributed by atoms with van der Waals surface area (Å²) in [5.41, 5.74) is 2.07. The van der Waals surface area contributed by atoms with Crippen LogP contribution in [0.4, 0.5) is 0 Å². The molecule has 0 aromatic heterocycles. The number of aryl methyl sites for hydroxylation is 1. The number of benzene rings is 2. The molecular weight excluding hydrogens is 428 g/mol. The summed E-state index contributed by atoms with van der Waals surface area (Å²) in [6, 6.07) is 12.0. The fourth-order valence-corrected chi connectivity index (χ4v) is 4.65. The number of hydrogen-bond acceptors (Lipinski definition) is 5. The molecule has 7 nitrogen and oxygen atoms in total. The first-order valence-corrected chi connectivity index (χ1v) is 11.7. The molecule has 9 heteroatoms. The molecule has 3 rings (SSSR count). The highest BCUT2D eigenvalue weighted by molar-refractivity contribution is 7.88. The first kappa shape index (κ1) is 22.6. The lowest BCUT2D eigenvalue weighted by molar-refractivity contribution is 0.0729. The quantitative estimate of drug-likeness (QED) is 0.622. The predicted molar refractivity (Wildman–Crippen MR) is 115 cm³/mol. The zero-order chi connectivity index (χ0) is 21.6. The van der Waals surface area contributed by atoms with E-state index in [1.807, 2.05) is 19.1 Å². The summed E-state index contributed by atoms with van der Waals surface area (Å²) in [7, 11) is -3.39. The summed E-state index contributed by atoms with van der Waals surface area (Å²) >= 11 is 6.06. The van der Waals surface area contributed by atoms with Gasteiger partial charge in [0.05, 0.1) is 25.5 Å². The number of hydrogen-bond donors (Lipinski definition) is 1. The minimum atomic E-state index is -3.39. The second-order valence-electron chi connectivity index (χ2n) is 6.98. The lowest BCUT2D eigenvalue weighted by atomic mass is 10.1. The summed E-state index contributed by atoms with van der Waals surface area (Å²) in [5, 5.41) is 3.41. The Hall–Kier alpha value is -2.13. The third-order valence-corrected chi connectivity index (χ3v) is 6.99. The third-order valence-electron chi connectivity index (χ3n) is 4.73. The molecular formula is C21H25ClN2O5S. The molecule has 30 heavy (non-hydrogen) atoms. The van der Waals surface area contributed by atoms with Gasteiger partial charge in [-0.2, -0.15) is 4.31 Å². The number of amides is 1. The second-order valence-corrected chi connectivity index (χ2v) is 9.36. The summed E-state index contributed by atoms with van der Waals surface area (Å²) in [5.74, 6) is 0.302. The summed E-state index contributed by atoms with van der Waals surface area (Å²) in [6.07, 6.45) is 0. The van der Waals surface area contributed by atoms with E-state index in [0.29, 0.717) is 61.4 Å². The Morgan fingerprint density at radius 2 is 1.87 bits per heavy atom. The van der Waals surface area contributed by atoms with Gasteiger partial charge in [0.1, 0.15) is 12.4 Å². The van der Waals surface area contributed by atoms with Crippen LogP contribution in [0.15, 0.2) is 42.5 Å². The van der Waals surface area contributed by atoms with Crippen LogP contribution < -0.4 is 10.1 Å². The molecule has 0 aliphatic carbocycles. The molecule has 1 aliphatic heterocycles. The first-order valence-electron chi connectivity index (χ1n) is 9.67. The van der Waals surface area contributed by atoms with Crippen LogP contribution >= 0.6 is 11.6 Å². The van der Waals surface area contributed by atoms with E-state index >= 15 is 0 Å². The number of morpholine rings is 1. The molecule has 0 atom stereocenters. The number of nitrogens with zero attached hydrogens (tertiary/aromatic N) is 1. The number of carbonyl (C=O) groups excluding carboxylic acids is 1. The molecule has 2 aromatic carbocycles. The molecule has 1 saturated heterocycles. The van der Waals surface area contributed by atoms with Crippen molar-refractivity contribution in [1.29, 1.82) is 0 Å². The number of sulfonamides is 1. The van der Waals surface area contributed by atoms with Crippen LogP contribution in [0.5, 0.6) is 5.75 Å². The largest absolute Gasteiger partial charge is 0.492 e. The average molecular weight is 453 g/mol. The van der Waals surface area contributed by atoms with Crippen molar-refractivity contribution in [3.63, 3.8) is 0 Å². The van der Waals surface area contributed by atoms with E-state index in [2.05, 4.69) is 5.32 Å². The van der Waals surface area contributed by atoms with Gasteiger partial charge >= 0.3 is 0 Å². The zero-order valence-electron chi connectivity index (χ0n) is 16.8. The van der Waals surface area contributed by atoms with E-state index in [-0.39, 0.29) is 11.7 Å². The fourth-order valence-electron chi connectivity index (χ4n) is 2.98. The third kappa shape index (κ3) is 6.18. The normalized spacial score (nSPS) is 15.0. The van der Waals surface area contributed by atoms with Crippen molar-refractivity contribution in [2.24, 2.45) is 0 Å². The smallest absolute Gasteiger partial charge is 0.251 e. The highest BCUT2D eigenvalue weighted by Crippen LogP contribution is 2.21. The molecule has 2 aromatic rings. The maximum absolute atomic E-state index is 12.5. The van der Waals surface area contributed by atoms with Crippen molar-refractivity contribution in [2.45, 2.75) is 12.7 Å². The van der Waals surface area contributed by atoms with Crippen LogP contribution in [-0.2, 0) is 20.5 Å². The van der Waals surface area contributed by atoms with Crippen LogP contribution in [0.2, 0.25) is 5.02 Å².